The van der Waals surface area contributed by atoms with E-state index in [1.54, 1.807) is 6.07 Å². The van der Waals surface area contributed by atoms with Crippen LogP contribution in [-0.4, -0.2) is 34.5 Å². The molecule has 1 saturated heterocycles. The van der Waals surface area contributed by atoms with E-state index in [-0.39, 0.29) is 22.9 Å². The number of furan rings is 1. The number of nitrogens with zero attached hydrogens (tertiary/aromatic N) is 2. The van der Waals surface area contributed by atoms with E-state index in [1.165, 1.54) is 5.56 Å². The van der Waals surface area contributed by atoms with Crippen LogP contribution in [0.15, 0.2) is 57.7 Å². The van der Waals surface area contributed by atoms with E-state index in [0.29, 0.717) is 13.0 Å². The molecule has 0 saturated carbocycles. The molecule has 0 unspecified atom stereocenters. The SMILES string of the molecule is CCc1c(C(=O)NC2CCN(Cc3ccccc3)CC2)c(=O)cc(C)n1Cc1ccc(C)o1. The lowest BCUT2D eigenvalue weighted by molar-refractivity contribution is 0.0905. The van der Waals surface area contributed by atoms with Crippen LogP contribution in [0.5, 0.6) is 0 Å². The van der Waals surface area contributed by atoms with Gasteiger partial charge in [0.05, 0.1) is 6.54 Å². The minimum absolute atomic E-state index is 0.0797. The summed E-state index contributed by atoms with van der Waals surface area (Å²) in [7, 11) is 0. The minimum Gasteiger partial charge on any atom is -0.464 e. The van der Waals surface area contributed by atoms with E-state index in [4.69, 9.17) is 4.42 Å². The highest BCUT2D eigenvalue weighted by Crippen LogP contribution is 2.17. The average molecular weight is 448 g/mol. The second kappa shape index (κ2) is 10.2. The molecule has 6 heteroatoms. The van der Waals surface area contributed by atoms with Crippen molar-refractivity contribution in [2.75, 3.05) is 13.1 Å². The highest BCUT2D eigenvalue weighted by Gasteiger charge is 2.25. The normalized spacial score (nSPS) is 15.0. The van der Waals surface area contributed by atoms with Gasteiger partial charge in [0.25, 0.3) is 5.91 Å². The maximum atomic E-state index is 13.2. The first-order valence-electron chi connectivity index (χ1n) is 11.8. The summed E-state index contributed by atoms with van der Waals surface area (Å²) >= 11 is 0. The van der Waals surface area contributed by atoms with Crippen LogP contribution in [0.2, 0.25) is 0 Å². The minimum atomic E-state index is -0.261. The van der Waals surface area contributed by atoms with E-state index in [2.05, 4.69) is 34.5 Å². The lowest BCUT2D eigenvalue weighted by Crippen LogP contribution is -2.45. The van der Waals surface area contributed by atoms with E-state index in [1.807, 2.05) is 43.5 Å². The number of likely N-dealkylation sites (tertiary alicyclic amines) is 1. The van der Waals surface area contributed by atoms with Crippen molar-refractivity contribution in [2.45, 2.75) is 59.2 Å². The molecule has 2 aromatic heterocycles. The number of hydrogen-bond acceptors (Lipinski definition) is 4. The first-order chi connectivity index (χ1) is 15.9. The van der Waals surface area contributed by atoms with Crippen molar-refractivity contribution in [3.05, 3.63) is 92.8 Å². The summed E-state index contributed by atoms with van der Waals surface area (Å²) in [5.41, 5.74) is 2.94. The fourth-order valence-corrected chi connectivity index (χ4v) is 4.72. The van der Waals surface area contributed by atoms with Gasteiger partial charge in [-0.15, -0.1) is 0 Å². The van der Waals surface area contributed by atoms with Gasteiger partial charge in [-0.05, 0) is 50.8 Å². The highest BCUT2D eigenvalue weighted by atomic mass is 16.3. The number of rotatable bonds is 7. The Morgan fingerprint density at radius 1 is 1.06 bits per heavy atom. The molecule has 0 atom stereocenters. The number of hydrogen-bond donors (Lipinski definition) is 1. The quantitative estimate of drug-likeness (QED) is 0.593. The molecule has 1 N–H and O–H groups in total. The summed E-state index contributed by atoms with van der Waals surface area (Å²) < 4.78 is 7.77. The molecule has 1 fully saturated rings. The Hall–Kier alpha value is -3.12. The van der Waals surface area contributed by atoms with Crippen LogP contribution < -0.4 is 10.7 Å². The monoisotopic (exact) mass is 447 g/mol. The number of aryl methyl sites for hydroxylation is 2. The van der Waals surface area contributed by atoms with Crippen LogP contribution in [0.1, 0.15) is 58.6 Å². The molecular formula is C27H33N3O3. The summed E-state index contributed by atoms with van der Waals surface area (Å²) in [4.78, 5) is 28.5. The molecule has 0 spiro atoms. The number of pyridine rings is 1. The molecule has 1 aliphatic rings. The first-order valence-corrected chi connectivity index (χ1v) is 11.8. The molecule has 1 aliphatic heterocycles. The maximum absolute atomic E-state index is 13.2. The van der Waals surface area contributed by atoms with Crippen LogP contribution in [0.4, 0.5) is 0 Å². The van der Waals surface area contributed by atoms with Crippen molar-refractivity contribution < 1.29 is 9.21 Å². The van der Waals surface area contributed by atoms with Crippen molar-refractivity contribution in [2.24, 2.45) is 0 Å². The molecule has 6 nitrogen and oxygen atoms in total. The van der Waals surface area contributed by atoms with Gasteiger partial charge >= 0.3 is 0 Å². The standard InChI is InChI=1S/C27H33N3O3/c1-4-24-26(25(31)16-19(2)30(24)18-23-11-10-20(3)33-23)27(32)28-22-12-14-29(15-13-22)17-21-8-6-5-7-9-21/h5-11,16,22H,4,12-15,17-18H2,1-3H3,(H,28,32). The highest BCUT2D eigenvalue weighted by molar-refractivity contribution is 5.95. The van der Waals surface area contributed by atoms with Crippen molar-refractivity contribution in [3.8, 4) is 0 Å². The summed E-state index contributed by atoms with van der Waals surface area (Å²) in [5.74, 6) is 1.40. The molecule has 3 heterocycles. The molecule has 0 radical (unpaired) electrons. The smallest absolute Gasteiger partial charge is 0.257 e. The van der Waals surface area contributed by atoms with Crippen LogP contribution in [0.3, 0.4) is 0 Å². The van der Waals surface area contributed by atoms with E-state index >= 15 is 0 Å². The first kappa shape index (κ1) is 23.1. The van der Waals surface area contributed by atoms with Gasteiger partial charge in [0, 0.05) is 43.1 Å². The van der Waals surface area contributed by atoms with Gasteiger partial charge in [-0.25, -0.2) is 0 Å². The van der Waals surface area contributed by atoms with Gasteiger partial charge in [0.15, 0.2) is 5.43 Å². The van der Waals surface area contributed by atoms with E-state index < -0.39 is 0 Å². The lowest BCUT2D eigenvalue weighted by Gasteiger charge is -2.32. The second-order valence-electron chi connectivity index (χ2n) is 8.93. The Labute approximate surface area is 195 Å². The molecule has 3 aromatic rings. The summed E-state index contributed by atoms with van der Waals surface area (Å²) in [6, 6.07) is 16.0. The van der Waals surface area contributed by atoms with Crippen LogP contribution in [0, 0.1) is 13.8 Å². The molecule has 174 valence electrons. The van der Waals surface area contributed by atoms with Gasteiger partial charge in [-0.2, -0.15) is 0 Å². The second-order valence-corrected chi connectivity index (χ2v) is 8.93. The number of piperidine rings is 1. The van der Waals surface area contributed by atoms with Gasteiger partial charge in [-0.3, -0.25) is 14.5 Å². The van der Waals surface area contributed by atoms with Gasteiger partial charge in [0.2, 0.25) is 0 Å². The van der Waals surface area contributed by atoms with Crippen molar-refractivity contribution in [3.63, 3.8) is 0 Å². The molecule has 1 amide bonds. The number of benzene rings is 1. The zero-order valence-electron chi connectivity index (χ0n) is 19.8. The average Bonchev–Trinajstić information content (AvgIpc) is 3.22. The third kappa shape index (κ3) is 5.45. The van der Waals surface area contributed by atoms with Gasteiger partial charge < -0.3 is 14.3 Å². The molecule has 0 bridgehead atoms. The number of carbonyl (C=O) groups excluding carboxylic acids is 1. The van der Waals surface area contributed by atoms with Gasteiger partial charge in [-0.1, -0.05) is 37.3 Å². The van der Waals surface area contributed by atoms with E-state index in [9.17, 15) is 9.59 Å². The number of amides is 1. The largest absolute Gasteiger partial charge is 0.464 e. The van der Waals surface area contributed by atoms with Crippen molar-refractivity contribution in [1.29, 1.82) is 0 Å². The zero-order valence-corrected chi connectivity index (χ0v) is 19.8. The molecule has 4 rings (SSSR count). The van der Waals surface area contributed by atoms with Crippen molar-refractivity contribution >= 4 is 5.91 Å². The number of aromatic nitrogens is 1. The fraction of sp³-hybridized carbons (Fsp3) is 0.407. The molecule has 0 aliphatic carbocycles. The molecular weight excluding hydrogens is 414 g/mol. The third-order valence-corrected chi connectivity index (χ3v) is 6.47. The van der Waals surface area contributed by atoms with Crippen molar-refractivity contribution in [1.82, 2.24) is 14.8 Å². The molecule has 33 heavy (non-hydrogen) atoms. The number of nitrogens with one attached hydrogen (secondary N) is 1. The predicted octanol–water partition coefficient (Wildman–Crippen LogP) is 4.06. The summed E-state index contributed by atoms with van der Waals surface area (Å²) in [6.45, 7) is 9.08. The Balaban J connectivity index is 1.45. The Morgan fingerprint density at radius 3 is 2.42 bits per heavy atom. The number of carbonyl (C=O) groups is 1. The van der Waals surface area contributed by atoms with Crippen LogP contribution in [-0.2, 0) is 19.5 Å². The van der Waals surface area contributed by atoms with E-state index in [0.717, 1.165) is 55.4 Å². The fourth-order valence-electron chi connectivity index (χ4n) is 4.72. The van der Waals surface area contributed by atoms with Crippen LogP contribution in [0.25, 0.3) is 0 Å². The summed E-state index contributed by atoms with van der Waals surface area (Å²) in [5, 5.41) is 3.15. The third-order valence-electron chi connectivity index (χ3n) is 6.47. The maximum Gasteiger partial charge on any atom is 0.257 e. The Kier molecular flexibility index (Phi) is 7.14. The van der Waals surface area contributed by atoms with Gasteiger partial charge in [0.1, 0.15) is 17.1 Å². The summed E-state index contributed by atoms with van der Waals surface area (Å²) in [6.07, 6.45) is 2.35. The predicted molar refractivity (Wildman–Crippen MR) is 130 cm³/mol. The topological polar surface area (TPSA) is 67.5 Å². The molecule has 1 aromatic carbocycles. The van der Waals surface area contributed by atoms with Crippen LogP contribution >= 0.6 is 0 Å². The Bertz CT molecular complexity index is 1160. The Morgan fingerprint density at radius 2 is 1.79 bits per heavy atom. The zero-order chi connectivity index (χ0) is 23.4. The lowest BCUT2D eigenvalue weighted by atomic mass is 10.0.